The molecule has 4 rings (SSSR count). The van der Waals surface area contributed by atoms with Gasteiger partial charge in [-0.3, -0.25) is 9.59 Å². The van der Waals surface area contributed by atoms with Gasteiger partial charge in [0.25, 0.3) is 11.8 Å². The molecule has 2 saturated heterocycles. The van der Waals surface area contributed by atoms with E-state index in [1.54, 1.807) is 0 Å². The molecule has 2 fully saturated rings. The van der Waals surface area contributed by atoms with Crippen LogP contribution >= 0.6 is 0 Å². The number of benzene rings is 1. The second-order valence-electron chi connectivity index (χ2n) is 6.76. The van der Waals surface area contributed by atoms with E-state index < -0.39 is 0 Å². The first kappa shape index (κ1) is 16.8. The third-order valence-corrected chi connectivity index (χ3v) is 5.10. The van der Waals surface area contributed by atoms with Gasteiger partial charge in [-0.25, -0.2) is 0 Å². The van der Waals surface area contributed by atoms with E-state index in [-0.39, 0.29) is 17.9 Å². The van der Waals surface area contributed by atoms with Crippen LogP contribution in [0.1, 0.15) is 23.2 Å². The number of aromatic nitrogens is 1. The van der Waals surface area contributed by atoms with Crippen molar-refractivity contribution in [1.29, 1.82) is 0 Å². The standard InChI is InChI=1S/C20H23N3O3/c24-19(16-5-7-17(8-6-16)21-9-1-2-10-21)22-11-13-23(14-12-22)20(25)18-4-3-15-26-18/h1-2,5-10,18H,3-4,11-15H2. The number of carbonyl (C=O) groups is 2. The summed E-state index contributed by atoms with van der Waals surface area (Å²) >= 11 is 0. The number of ether oxygens (including phenoxy) is 1. The molecule has 0 radical (unpaired) electrons. The molecule has 0 N–H and O–H groups in total. The highest BCUT2D eigenvalue weighted by atomic mass is 16.5. The zero-order valence-electron chi connectivity index (χ0n) is 14.7. The molecule has 0 spiro atoms. The summed E-state index contributed by atoms with van der Waals surface area (Å²) in [7, 11) is 0. The lowest BCUT2D eigenvalue weighted by molar-refractivity contribution is -0.142. The molecular weight excluding hydrogens is 330 g/mol. The molecule has 1 aromatic heterocycles. The summed E-state index contributed by atoms with van der Waals surface area (Å²) in [5, 5.41) is 0. The first-order valence-electron chi connectivity index (χ1n) is 9.15. The average molecular weight is 353 g/mol. The highest BCUT2D eigenvalue weighted by molar-refractivity contribution is 5.94. The van der Waals surface area contributed by atoms with Crippen molar-refractivity contribution in [3.63, 3.8) is 0 Å². The number of amides is 2. The predicted octanol–water partition coefficient (Wildman–Crippen LogP) is 1.94. The molecule has 3 heterocycles. The monoisotopic (exact) mass is 353 g/mol. The van der Waals surface area contributed by atoms with E-state index in [1.165, 1.54) is 0 Å². The smallest absolute Gasteiger partial charge is 0.253 e. The Morgan fingerprint density at radius 2 is 1.58 bits per heavy atom. The largest absolute Gasteiger partial charge is 0.368 e. The summed E-state index contributed by atoms with van der Waals surface area (Å²) in [5.74, 6) is 0.0962. The minimum Gasteiger partial charge on any atom is -0.368 e. The number of hydrogen-bond donors (Lipinski definition) is 0. The van der Waals surface area contributed by atoms with Gasteiger partial charge in [0.05, 0.1) is 0 Å². The first-order valence-corrected chi connectivity index (χ1v) is 9.15. The molecule has 0 saturated carbocycles. The summed E-state index contributed by atoms with van der Waals surface area (Å²) in [5.41, 5.74) is 1.71. The third kappa shape index (κ3) is 3.37. The van der Waals surface area contributed by atoms with Gasteiger partial charge in [-0.05, 0) is 49.2 Å². The van der Waals surface area contributed by atoms with Crippen LogP contribution in [0.5, 0.6) is 0 Å². The summed E-state index contributed by atoms with van der Waals surface area (Å²) in [4.78, 5) is 28.8. The van der Waals surface area contributed by atoms with Crippen LogP contribution in [0.25, 0.3) is 5.69 Å². The summed E-state index contributed by atoms with van der Waals surface area (Å²) in [6.45, 7) is 2.96. The lowest BCUT2D eigenvalue weighted by atomic mass is 10.1. The lowest BCUT2D eigenvalue weighted by Gasteiger charge is -2.35. The molecule has 1 unspecified atom stereocenters. The van der Waals surface area contributed by atoms with E-state index in [0.29, 0.717) is 38.3 Å². The summed E-state index contributed by atoms with van der Waals surface area (Å²) in [6, 6.07) is 11.6. The molecular formula is C20H23N3O3. The van der Waals surface area contributed by atoms with Gasteiger partial charge in [-0.15, -0.1) is 0 Å². The molecule has 136 valence electrons. The van der Waals surface area contributed by atoms with Crippen LogP contribution in [0.4, 0.5) is 0 Å². The van der Waals surface area contributed by atoms with Gasteiger partial charge in [0.2, 0.25) is 0 Å². The molecule has 2 aromatic rings. The van der Waals surface area contributed by atoms with Gasteiger partial charge in [0.1, 0.15) is 6.10 Å². The summed E-state index contributed by atoms with van der Waals surface area (Å²) < 4.78 is 7.48. The molecule has 1 atom stereocenters. The zero-order chi connectivity index (χ0) is 17.9. The van der Waals surface area contributed by atoms with Crippen molar-refractivity contribution >= 4 is 11.8 Å². The van der Waals surface area contributed by atoms with Crippen molar-refractivity contribution < 1.29 is 14.3 Å². The third-order valence-electron chi connectivity index (χ3n) is 5.10. The van der Waals surface area contributed by atoms with E-state index in [1.807, 2.05) is 63.2 Å². The minimum absolute atomic E-state index is 0.0215. The normalized spacial score (nSPS) is 20.4. The van der Waals surface area contributed by atoms with Gasteiger partial charge >= 0.3 is 0 Å². The van der Waals surface area contributed by atoms with E-state index in [9.17, 15) is 9.59 Å². The molecule has 6 nitrogen and oxygen atoms in total. The number of piperazine rings is 1. The van der Waals surface area contributed by atoms with Crippen LogP contribution in [0, 0.1) is 0 Å². The number of carbonyl (C=O) groups excluding carboxylic acids is 2. The number of hydrogen-bond acceptors (Lipinski definition) is 3. The maximum absolute atomic E-state index is 12.7. The van der Waals surface area contributed by atoms with Gasteiger partial charge in [-0.1, -0.05) is 0 Å². The Morgan fingerprint density at radius 3 is 2.19 bits per heavy atom. The van der Waals surface area contributed by atoms with Crippen molar-refractivity contribution in [1.82, 2.24) is 14.4 Å². The maximum atomic E-state index is 12.7. The molecule has 2 aliphatic rings. The molecule has 0 aliphatic carbocycles. The number of rotatable bonds is 3. The second kappa shape index (κ2) is 7.33. The Balaban J connectivity index is 1.35. The Kier molecular flexibility index (Phi) is 4.75. The maximum Gasteiger partial charge on any atom is 0.253 e. The topological polar surface area (TPSA) is 54.8 Å². The quantitative estimate of drug-likeness (QED) is 0.847. The van der Waals surface area contributed by atoms with Crippen LogP contribution < -0.4 is 0 Å². The summed E-state index contributed by atoms with van der Waals surface area (Å²) in [6.07, 6.45) is 5.43. The Bertz CT molecular complexity index is 756. The minimum atomic E-state index is -0.279. The van der Waals surface area contributed by atoms with E-state index in [0.717, 1.165) is 18.5 Å². The van der Waals surface area contributed by atoms with Gasteiger partial charge < -0.3 is 19.1 Å². The average Bonchev–Trinajstić information content (AvgIpc) is 3.41. The van der Waals surface area contributed by atoms with E-state index in [4.69, 9.17) is 4.74 Å². The number of nitrogens with zero attached hydrogens (tertiary/aromatic N) is 3. The lowest BCUT2D eigenvalue weighted by Crippen LogP contribution is -2.52. The first-order chi connectivity index (χ1) is 12.7. The van der Waals surface area contributed by atoms with Gasteiger partial charge in [-0.2, -0.15) is 0 Å². The van der Waals surface area contributed by atoms with Gasteiger partial charge in [0, 0.05) is 56.4 Å². The van der Waals surface area contributed by atoms with Crippen molar-refractivity contribution in [2.75, 3.05) is 32.8 Å². The molecule has 1 aromatic carbocycles. The van der Waals surface area contributed by atoms with Crippen molar-refractivity contribution in [2.45, 2.75) is 18.9 Å². The van der Waals surface area contributed by atoms with Crippen molar-refractivity contribution in [3.05, 3.63) is 54.4 Å². The second-order valence-corrected chi connectivity index (χ2v) is 6.76. The fraction of sp³-hybridized carbons (Fsp3) is 0.400. The molecule has 26 heavy (non-hydrogen) atoms. The molecule has 2 amide bonds. The Labute approximate surface area is 153 Å². The fourth-order valence-electron chi connectivity index (χ4n) is 3.57. The van der Waals surface area contributed by atoms with Crippen LogP contribution in [0.2, 0.25) is 0 Å². The molecule has 0 bridgehead atoms. The highest BCUT2D eigenvalue weighted by Crippen LogP contribution is 2.17. The van der Waals surface area contributed by atoms with Crippen LogP contribution in [0.3, 0.4) is 0 Å². The predicted molar refractivity (Wildman–Crippen MR) is 97.2 cm³/mol. The van der Waals surface area contributed by atoms with Crippen molar-refractivity contribution in [2.24, 2.45) is 0 Å². The van der Waals surface area contributed by atoms with E-state index >= 15 is 0 Å². The SMILES string of the molecule is O=C(c1ccc(-n2cccc2)cc1)N1CCN(C(=O)C2CCCO2)CC1. The fourth-order valence-corrected chi connectivity index (χ4v) is 3.57. The molecule has 2 aliphatic heterocycles. The Morgan fingerprint density at radius 1 is 0.923 bits per heavy atom. The van der Waals surface area contributed by atoms with Crippen LogP contribution in [-0.4, -0.2) is 65.1 Å². The van der Waals surface area contributed by atoms with Crippen LogP contribution in [0.15, 0.2) is 48.8 Å². The van der Waals surface area contributed by atoms with Gasteiger partial charge in [0.15, 0.2) is 0 Å². The van der Waals surface area contributed by atoms with Crippen molar-refractivity contribution in [3.8, 4) is 5.69 Å². The Hall–Kier alpha value is -2.60. The van der Waals surface area contributed by atoms with Crippen LogP contribution in [-0.2, 0) is 9.53 Å². The molecule has 6 heteroatoms. The van der Waals surface area contributed by atoms with E-state index in [2.05, 4.69) is 0 Å². The highest BCUT2D eigenvalue weighted by Gasteiger charge is 2.31. The zero-order valence-corrected chi connectivity index (χ0v) is 14.7.